The Labute approximate surface area is 108 Å². The van der Waals surface area contributed by atoms with Gasteiger partial charge in [0.1, 0.15) is 0 Å². The van der Waals surface area contributed by atoms with Crippen LogP contribution < -0.4 is 5.73 Å². The maximum Gasteiger partial charge on any atom is 0.218 e. The average molecular weight is 272 g/mol. The maximum atomic E-state index is 12.2. The van der Waals surface area contributed by atoms with Crippen LogP contribution in [0.25, 0.3) is 0 Å². The van der Waals surface area contributed by atoms with Gasteiger partial charge in [0.05, 0.1) is 12.4 Å². The van der Waals surface area contributed by atoms with Crippen LogP contribution in [0.4, 0.5) is 5.69 Å². The smallest absolute Gasteiger partial charge is 0.218 e. The van der Waals surface area contributed by atoms with Crippen LogP contribution in [0.1, 0.15) is 18.9 Å². The quantitative estimate of drug-likeness (QED) is 0.719. The lowest BCUT2D eigenvalue weighted by atomic mass is 10.2. The SMILES string of the molecule is CCCN(CCO)S(=O)(=O)Cc1cccc(N)c1. The van der Waals surface area contributed by atoms with Crippen LogP contribution in [0.3, 0.4) is 0 Å². The maximum absolute atomic E-state index is 12.2. The predicted molar refractivity (Wildman–Crippen MR) is 72.4 cm³/mol. The Morgan fingerprint density at radius 1 is 1.33 bits per heavy atom. The van der Waals surface area contributed by atoms with Crippen molar-refractivity contribution in [2.24, 2.45) is 0 Å². The number of hydrogen-bond acceptors (Lipinski definition) is 4. The van der Waals surface area contributed by atoms with Crippen molar-refractivity contribution in [1.29, 1.82) is 0 Å². The van der Waals surface area contributed by atoms with Crippen molar-refractivity contribution < 1.29 is 13.5 Å². The number of rotatable bonds is 7. The first-order chi connectivity index (χ1) is 8.49. The molecule has 0 aromatic heterocycles. The minimum atomic E-state index is -3.40. The summed E-state index contributed by atoms with van der Waals surface area (Å²) in [6.45, 7) is 2.29. The van der Waals surface area contributed by atoms with Gasteiger partial charge in [-0.05, 0) is 24.1 Å². The number of nitrogen functional groups attached to an aromatic ring is 1. The number of nitrogens with two attached hydrogens (primary N) is 1. The molecular weight excluding hydrogens is 252 g/mol. The van der Waals surface area contributed by atoms with Gasteiger partial charge in [-0.1, -0.05) is 19.1 Å². The summed E-state index contributed by atoms with van der Waals surface area (Å²) < 4.78 is 25.6. The van der Waals surface area contributed by atoms with Crippen LogP contribution in [-0.2, 0) is 15.8 Å². The highest BCUT2D eigenvalue weighted by molar-refractivity contribution is 7.88. The summed E-state index contributed by atoms with van der Waals surface area (Å²) in [6.07, 6.45) is 0.718. The van der Waals surface area contributed by atoms with Gasteiger partial charge >= 0.3 is 0 Å². The molecule has 6 heteroatoms. The highest BCUT2D eigenvalue weighted by Crippen LogP contribution is 2.13. The number of aliphatic hydroxyl groups is 1. The fraction of sp³-hybridized carbons (Fsp3) is 0.500. The molecule has 1 aromatic rings. The Balaban J connectivity index is 2.85. The number of sulfonamides is 1. The predicted octanol–water partition coefficient (Wildman–Crippen LogP) is 0.803. The Morgan fingerprint density at radius 2 is 2.06 bits per heavy atom. The molecule has 0 aliphatic carbocycles. The molecule has 0 bridgehead atoms. The number of hydrogen-bond donors (Lipinski definition) is 2. The van der Waals surface area contributed by atoms with Crippen molar-refractivity contribution in [3.63, 3.8) is 0 Å². The Morgan fingerprint density at radius 3 is 2.61 bits per heavy atom. The second kappa shape index (κ2) is 6.72. The number of benzene rings is 1. The molecule has 0 heterocycles. The van der Waals surface area contributed by atoms with Crippen LogP contribution in [0.2, 0.25) is 0 Å². The zero-order chi connectivity index (χ0) is 13.6. The largest absolute Gasteiger partial charge is 0.399 e. The van der Waals surface area contributed by atoms with Crippen LogP contribution in [0.5, 0.6) is 0 Å². The zero-order valence-electron chi connectivity index (χ0n) is 10.5. The second-order valence-corrected chi connectivity index (χ2v) is 6.09. The van der Waals surface area contributed by atoms with E-state index in [0.717, 1.165) is 6.42 Å². The molecule has 1 aromatic carbocycles. The fourth-order valence-corrected chi connectivity index (χ4v) is 3.34. The van der Waals surface area contributed by atoms with E-state index in [2.05, 4.69) is 0 Å². The molecule has 0 aliphatic rings. The van der Waals surface area contributed by atoms with Crippen LogP contribution in [-0.4, -0.2) is 37.5 Å². The first-order valence-electron chi connectivity index (χ1n) is 5.92. The molecule has 1 rings (SSSR count). The van der Waals surface area contributed by atoms with Crippen LogP contribution in [0.15, 0.2) is 24.3 Å². The zero-order valence-corrected chi connectivity index (χ0v) is 11.4. The molecule has 0 fully saturated rings. The molecule has 0 spiro atoms. The van der Waals surface area contributed by atoms with Gasteiger partial charge < -0.3 is 10.8 Å². The lowest BCUT2D eigenvalue weighted by molar-refractivity contribution is 0.253. The first-order valence-corrected chi connectivity index (χ1v) is 7.53. The lowest BCUT2D eigenvalue weighted by Gasteiger charge is -2.20. The molecule has 5 nitrogen and oxygen atoms in total. The van der Waals surface area contributed by atoms with E-state index in [1.54, 1.807) is 24.3 Å². The van der Waals surface area contributed by atoms with Gasteiger partial charge in [0.15, 0.2) is 0 Å². The molecule has 0 saturated carbocycles. The Kier molecular flexibility index (Phi) is 5.58. The lowest BCUT2D eigenvalue weighted by Crippen LogP contribution is -2.35. The fourth-order valence-electron chi connectivity index (χ4n) is 1.74. The average Bonchev–Trinajstić information content (AvgIpc) is 2.28. The van der Waals surface area contributed by atoms with Crippen molar-refractivity contribution in [1.82, 2.24) is 4.31 Å². The molecule has 0 radical (unpaired) electrons. The molecule has 0 atom stereocenters. The van der Waals surface area contributed by atoms with E-state index in [0.29, 0.717) is 17.8 Å². The highest BCUT2D eigenvalue weighted by atomic mass is 32.2. The van der Waals surface area contributed by atoms with E-state index in [1.165, 1.54) is 4.31 Å². The Hall–Kier alpha value is -1.11. The van der Waals surface area contributed by atoms with E-state index >= 15 is 0 Å². The molecule has 18 heavy (non-hydrogen) atoms. The van der Waals surface area contributed by atoms with Crippen LogP contribution >= 0.6 is 0 Å². The van der Waals surface area contributed by atoms with Crippen molar-refractivity contribution >= 4 is 15.7 Å². The number of anilines is 1. The monoisotopic (exact) mass is 272 g/mol. The highest BCUT2D eigenvalue weighted by Gasteiger charge is 2.21. The summed E-state index contributed by atoms with van der Waals surface area (Å²) in [5, 5.41) is 8.91. The van der Waals surface area contributed by atoms with E-state index < -0.39 is 10.0 Å². The summed E-state index contributed by atoms with van der Waals surface area (Å²) in [5.41, 5.74) is 6.83. The normalized spacial score (nSPS) is 11.9. The minimum absolute atomic E-state index is 0.0853. The molecule has 3 N–H and O–H groups in total. The van der Waals surface area contributed by atoms with Gasteiger partial charge in [-0.25, -0.2) is 8.42 Å². The minimum Gasteiger partial charge on any atom is -0.399 e. The van der Waals surface area contributed by atoms with E-state index in [4.69, 9.17) is 10.8 Å². The molecule has 0 amide bonds. The van der Waals surface area contributed by atoms with Crippen molar-refractivity contribution in [2.45, 2.75) is 19.1 Å². The van der Waals surface area contributed by atoms with Gasteiger partial charge in [-0.15, -0.1) is 0 Å². The number of nitrogens with zero attached hydrogens (tertiary/aromatic N) is 1. The van der Waals surface area contributed by atoms with E-state index in [9.17, 15) is 8.42 Å². The van der Waals surface area contributed by atoms with E-state index in [1.807, 2.05) is 6.92 Å². The molecule has 0 aliphatic heterocycles. The summed E-state index contributed by atoms with van der Waals surface area (Å²) in [4.78, 5) is 0. The third-order valence-electron chi connectivity index (χ3n) is 2.52. The summed E-state index contributed by atoms with van der Waals surface area (Å²) in [5.74, 6) is -0.0853. The topological polar surface area (TPSA) is 83.6 Å². The second-order valence-electron chi connectivity index (χ2n) is 4.12. The molecule has 102 valence electrons. The van der Waals surface area contributed by atoms with Crippen molar-refractivity contribution in [3.8, 4) is 0 Å². The summed E-state index contributed by atoms with van der Waals surface area (Å²) >= 11 is 0. The standard InChI is InChI=1S/C12H20N2O3S/c1-2-6-14(7-8-15)18(16,17)10-11-4-3-5-12(13)9-11/h3-5,9,15H,2,6-8,10,13H2,1H3. The Bertz CT molecular complexity index is 468. The third-order valence-corrected chi connectivity index (χ3v) is 4.37. The molecule has 0 saturated heterocycles. The van der Waals surface area contributed by atoms with Crippen molar-refractivity contribution in [3.05, 3.63) is 29.8 Å². The van der Waals surface area contributed by atoms with Gasteiger partial charge in [-0.3, -0.25) is 0 Å². The number of aliphatic hydroxyl groups excluding tert-OH is 1. The summed E-state index contributed by atoms with van der Waals surface area (Å²) in [7, 11) is -3.40. The summed E-state index contributed by atoms with van der Waals surface area (Å²) in [6, 6.07) is 6.83. The third kappa shape index (κ3) is 4.29. The van der Waals surface area contributed by atoms with Gasteiger partial charge in [0, 0.05) is 18.8 Å². The van der Waals surface area contributed by atoms with E-state index in [-0.39, 0.29) is 18.9 Å². The van der Waals surface area contributed by atoms with Gasteiger partial charge in [-0.2, -0.15) is 4.31 Å². The molecule has 0 unspecified atom stereocenters. The van der Waals surface area contributed by atoms with Crippen LogP contribution in [0, 0.1) is 0 Å². The molecular formula is C12H20N2O3S. The van der Waals surface area contributed by atoms with Gasteiger partial charge in [0.2, 0.25) is 10.0 Å². The first kappa shape index (κ1) is 14.9. The van der Waals surface area contributed by atoms with Gasteiger partial charge in [0.25, 0.3) is 0 Å². The van der Waals surface area contributed by atoms with Crippen molar-refractivity contribution in [2.75, 3.05) is 25.4 Å².